The zero-order chi connectivity index (χ0) is 15.3. The van der Waals surface area contributed by atoms with Gasteiger partial charge in [-0.25, -0.2) is 5.09 Å². The third kappa shape index (κ3) is 5.95. The summed E-state index contributed by atoms with van der Waals surface area (Å²) >= 11 is 5.76. The first kappa shape index (κ1) is 17.0. The van der Waals surface area contributed by atoms with E-state index in [1.165, 1.54) is 6.66 Å². The van der Waals surface area contributed by atoms with Crippen molar-refractivity contribution in [2.75, 3.05) is 6.66 Å². The normalized spacial score (nSPS) is 15.5. The fourth-order valence-corrected chi connectivity index (χ4v) is 2.97. The van der Waals surface area contributed by atoms with Crippen LogP contribution in [-0.4, -0.2) is 24.8 Å². The first-order valence-corrected chi connectivity index (χ1v) is 8.65. The number of hydrogen-bond acceptors (Lipinski definition) is 4. The molecule has 0 aromatic heterocycles. The molecule has 2 unspecified atom stereocenters. The summed E-state index contributed by atoms with van der Waals surface area (Å²) in [5.74, 6) is -0.0565. The number of benzene rings is 1. The van der Waals surface area contributed by atoms with E-state index in [0.29, 0.717) is 10.8 Å². The molecule has 0 aliphatic heterocycles. The highest BCUT2D eigenvalue weighted by molar-refractivity contribution is 7.56. The van der Waals surface area contributed by atoms with Crippen LogP contribution in [0.2, 0.25) is 5.02 Å². The van der Waals surface area contributed by atoms with Gasteiger partial charge in [-0.2, -0.15) is 0 Å². The summed E-state index contributed by atoms with van der Waals surface area (Å²) in [7, 11) is -3.18. The zero-order valence-electron chi connectivity index (χ0n) is 11.9. The molecule has 0 saturated carbocycles. The maximum atomic E-state index is 12.3. The van der Waals surface area contributed by atoms with Crippen molar-refractivity contribution < 1.29 is 18.6 Å². The second-order valence-corrected chi connectivity index (χ2v) is 7.30. The highest BCUT2D eigenvalue weighted by atomic mass is 35.5. The predicted octanol–water partition coefficient (Wildman–Crippen LogP) is 3.47. The van der Waals surface area contributed by atoms with Crippen molar-refractivity contribution in [1.29, 1.82) is 0 Å². The minimum absolute atomic E-state index is 0.222. The second-order valence-electron chi connectivity index (χ2n) is 4.73. The molecule has 0 heterocycles. The molecule has 0 radical (unpaired) electrons. The monoisotopic (exact) mass is 319 g/mol. The first-order valence-electron chi connectivity index (χ1n) is 6.20. The van der Waals surface area contributed by atoms with Crippen LogP contribution in [0.25, 0.3) is 0 Å². The van der Waals surface area contributed by atoms with Crippen LogP contribution in [0, 0.1) is 0 Å². The van der Waals surface area contributed by atoms with Crippen molar-refractivity contribution in [3.05, 3.63) is 29.3 Å². The van der Waals surface area contributed by atoms with E-state index >= 15 is 0 Å². The molecule has 2 atom stereocenters. The Kier molecular flexibility index (Phi) is 6.06. The average molecular weight is 320 g/mol. The third-order valence-electron chi connectivity index (χ3n) is 2.23. The largest absolute Gasteiger partial charge is 0.462 e. The summed E-state index contributed by atoms with van der Waals surface area (Å²) in [6.07, 6.45) is -0.222. The van der Waals surface area contributed by atoms with E-state index in [9.17, 15) is 9.36 Å². The number of carbonyl (C=O) groups is 1. The lowest BCUT2D eigenvalue weighted by Gasteiger charge is -2.21. The third-order valence-corrected chi connectivity index (χ3v) is 3.89. The molecule has 5 nitrogen and oxygen atoms in total. The van der Waals surface area contributed by atoms with Crippen molar-refractivity contribution in [2.24, 2.45) is 0 Å². The molecule has 0 aliphatic rings. The lowest BCUT2D eigenvalue weighted by molar-refractivity contribution is -0.149. The van der Waals surface area contributed by atoms with Crippen LogP contribution in [0.15, 0.2) is 24.3 Å². The number of esters is 1. The van der Waals surface area contributed by atoms with E-state index in [4.69, 9.17) is 20.9 Å². The highest BCUT2D eigenvalue weighted by Gasteiger charge is 2.25. The molecule has 0 amide bonds. The van der Waals surface area contributed by atoms with Gasteiger partial charge in [0.1, 0.15) is 11.8 Å². The number of rotatable bonds is 6. The maximum Gasteiger partial charge on any atom is 0.323 e. The Morgan fingerprint density at radius 3 is 2.30 bits per heavy atom. The van der Waals surface area contributed by atoms with Crippen LogP contribution < -0.4 is 9.61 Å². The van der Waals surface area contributed by atoms with Gasteiger partial charge >= 0.3 is 13.5 Å². The van der Waals surface area contributed by atoms with Gasteiger partial charge in [0.2, 0.25) is 0 Å². The van der Waals surface area contributed by atoms with Crippen molar-refractivity contribution >= 4 is 25.1 Å². The fourth-order valence-electron chi connectivity index (χ4n) is 1.46. The number of halogens is 1. The van der Waals surface area contributed by atoms with E-state index in [0.717, 1.165) is 0 Å². The molecule has 1 N–H and O–H groups in total. The van der Waals surface area contributed by atoms with Gasteiger partial charge in [0.25, 0.3) is 0 Å². The van der Waals surface area contributed by atoms with Crippen LogP contribution in [0.3, 0.4) is 0 Å². The van der Waals surface area contributed by atoms with Gasteiger partial charge in [-0.3, -0.25) is 9.36 Å². The van der Waals surface area contributed by atoms with Gasteiger partial charge in [0.15, 0.2) is 0 Å². The molecule has 0 saturated heterocycles. The van der Waals surface area contributed by atoms with Gasteiger partial charge in [-0.1, -0.05) is 11.6 Å². The van der Waals surface area contributed by atoms with Crippen LogP contribution in [-0.2, 0) is 14.1 Å². The zero-order valence-corrected chi connectivity index (χ0v) is 13.6. The summed E-state index contributed by atoms with van der Waals surface area (Å²) in [6.45, 7) is 6.48. The minimum atomic E-state index is -3.18. The topological polar surface area (TPSA) is 64.6 Å². The molecule has 0 bridgehead atoms. The average Bonchev–Trinajstić information content (AvgIpc) is 2.30. The lowest BCUT2D eigenvalue weighted by Crippen LogP contribution is -2.35. The fraction of sp³-hybridized carbons (Fsp3) is 0.462. The summed E-state index contributed by atoms with van der Waals surface area (Å²) in [5, 5.41) is 3.21. The molecular formula is C13H19ClNO4P. The maximum absolute atomic E-state index is 12.3. The number of carbonyl (C=O) groups excluding carboxylic acids is 1. The van der Waals surface area contributed by atoms with Crippen LogP contribution >= 0.6 is 19.1 Å². The SMILES string of the molecule is CC(C)OC(=O)C(C)NP(C)(=O)Oc1ccc(Cl)cc1. The Bertz CT molecular complexity index is 504. The van der Waals surface area contributed by atoms with Gasteiger partial charge in [0, 0.05) is 11.7 Å². The van der Waals surface area contributed by atoms with E-state index in [1.807, 2.05) is 0 Å². The van der Waals surface area contributed by atoms with Gasteiger partial charge in [-0.15, -0.1) is 0 Å². The lowest BCUT2D eigenvalue weighted by atomic mass is 10.3. The van der Waals surface area contributed by atoms with E-state index < -0.39 is 19.5 Å². The van der Waals surface area contributed by atoms with Gasteiger partial charge in [-0.05, 0) is 45.0 Å². The molecule has 7 heteroatoms. The van der Waals surface area contributed by atoms with Crippen molar-refractivity contribution in [3.63, 3.8) is 0 Å². The van der Waals surface area contributed by atoms with E-state index in [2.05, 4.69) is 5.09 Å². The Morgan fingerprint density at radius 2 is 1.80 bits per heavy atom. The summed E-state index contributed by atoms with van der Waals surface area (Å²) in [4.78, 5) is 11.6. The molecule has 112 valence electrons. The Balaban J connectivity index is 2.62. The standard InChI is InChI=1S/C13H19ClNO4P/c1-9(2)18-13(16)10(3)15-20(4,17)19-12-7-5-11(14)6-8-12/h5-10H,1-4H3,(H,15,17). The second kappa shape index (κ2) is 7.11. The highest BCUT2D eigenvalue weighted by Crippen LogP contribution is 2.39. The Hall–Kier alpha value is -1.03. The summed E-state index contributed by atoms with van der Waals surface area (Å²) in [6, 6.07) is 5.76. The van der Waals surface area contributed by atoms with Gasteiger partial charge in [0.05, 0.1) is 6.10 Å². The number of nitrogens with one attached hydrogen (secondary N) is 1. The quantitative estimate of drug-likeness (QED) is 0.642. The Morgan fingerprint density at radius 1 is 1.25 bits per heavy atom. The van der Waals surface area contributed by atoms with E-state index in [-0.39, 0.29) is 6.10 Å². The summed E-state index contributed by atoms with van der Waals surface area (Å²) < 4.78 is 22.7. The molecular weight excluding hydrogens is 301 g/mol. The molecule has 1 aromatic rings. The Labute approximate surface area is 124 Å². The van der Waals surface area contributed by atoms with Crippen LogP contribution in [0.5, 0.6) is 5.75 Å². The molecule has 20 heavy (non-hydrogen) atoms. The first-order chi connectivity index (χ1) is 9.19. The van der Waals surface area contributed by atoms with Crippen molar-refractivity contribution in [1.82, 2.24) is 5.09 Å². The van der Waals surface area contributed by atoms with Gasteiger partial charge < -0.3 is 9.26 Å². The molecule has 0 aliphatic carbocycles. The van der Waals surface area contributed by atoms with Crippen molar-refractivity contribution in [2.45, 2.75) is 32.9 Å². The molecule has 1 rings (SSSR count). The van der Waals surface area contributed by atoms with E-state index in [1.54, 1.807) is 45.0 Å². The molecule has 0 spiro atoms. The van der Waals surface area contributed by atoms with Crippen LogP contribution in [0.4, 0.5) is 0 Å². The van der Waals surface area contributed by atoms with Crippen molar-refractivity contribution in [3.8, 4) is 5.75 Å². The summed E-state index contributed by atoms with van der Waals surface area (Å²) in [5.41, 5.74) is 0. The minimum Gasteiger partial charge on any atom is -0.462 e. The molecule has 1 aromatic carbocycles. The number of ether oxygens (including phenoxy) is 1. The molecule has 0 fully saturated rings. The van der Waals surface area contributed by atoms with Crippen LogP contribution in [0.1, 0.15) is 20.8 Å². The predicted molar refractivity (Wildman–Crippen MR) is 79.4 cm³/mol. The number of hydrogen-bond donors (Lipinski definition) is 1. The smallest absolute Gasteiger partial charge is 0.323 e.